The lowest BCUT2D eigenvalue weighted by Gasteiger charge is -2.34. The van der Waals surface area contributed by atoms with Crippen LogP contribution in [0.3, 0.4) is 0 Å². The molecule has 1 rings (SSSR count). The average Bonchev–Trinajstić information content (AvgIpc) is 2.48. The first-order valence-corrected chi connectivity index (χ1v) is 7.82. The van der Waals surface area contributed by atoms with Crippen molar-refractivity contribution >= 4 is 5.91 Å². The van der Waals surface area contributed by atoms with Crippen molar-refractivity contribution in [1.29, 1.82) is 0 Å². The molecule has 0 aromatic heterocycles. The average molecular weight is 269 g/mol. The summed E-state index contributed by atoms with van der Waals surface area (Å²) >= 11 is 0. The van der Waals surface area contributed by atoms with Crippen molar-refractivity contribution in [2.45, 2.75) is 58.9 Å². The van der Waals surface area contributed by atoms with Gasteiger partial charge in [-0.15, -0.1) is 0 Å². The van der Waals surface area contributed by atoms with Gasteiger partial charge < -0.3 is 11.1 Å². The first kappa shape index (κ1) is 16.4. The molecule has 112 valence electrons. The SMILES string of the molecule is CCC(CC)(CN)C(=O)NCC(C)N1CCCCC1. The first-order valence-electron chi connectivity index (χ1n) is 7.82. The molecule has 19 heavy (non-hydrogen) atoms. The fourth-order valence-corrected chi connectivity index (χ4v) is 2.87. The summed E-state index contributed by atoms with van der Waals surface area (Å²) in [5.41, 5.74) is 5.43. The quantitative estimate of drug-likeness (QED) is 0.740. The van der Waals surface area contributed by atoms with E-state index in [4.69, 9.17) is 5.73 Å². The Bertz CT molecular complexity index is 262. The third kappa shape index (κ3) is 4.18. The molecule has 0 radical (unpaired) electrons. The molecule has 0 aromatic rings. The van der Waals surface area contributed by atoms with E-state index in [1.807, 2.05) is 13.8 Å². The summed E-state index contributed by atoms with van der Waals surface area (Å²) in [4.78, 5) is 14.8. The monoisotopic (exact) mass is 269 g/mol. The number of carbonyl (C=O) groups is 1. The molecule has 1 aliphatic heterocycles. The van der Waals surface area contributed by atoms with Crippen LogP contribution in [0.2, 0.25) is 0 Å². The molecule has 4 nitrogen and oxygen atoms in total. The van der Waals surface area contributed by atoms with Crippen LogP contribution in [0.1, 0.15) is 52.9 Å². The summed E-state index contributed by atoms with van der Waals surface area (Å²) in [7, 11) is 0. The molecule has 1 fully saturated rings. The van der Waals surface area contributed by atoms with E-state index in [0.29, 0.717) is 12.6 Å². The maximum absolute atomic E-state index is 12.3. The number of amides is 1. The highest BCUT2D eigenvalue weighted by molar-refractivity contribution is 5.82. The maximum atomic E-state index is 12.3. The highest BCUT2D eigenvalue weighted by Crippen LogP contribution is 2.25. The summed E-state index contributed by atoms with van der Waals surface area (Å²) in [5.74, 6) is 0.129. The standard InChI is InChI=1S/C15H31N3O/c1-4-15(5-2,12-16)14(19)17-11-13(3)18-9-7-6-8-10-18/h13H,4-12,16H2,1-3H3,(H,17,19). The van der Waals surface area contributed by atoms with Gasteiger partial charge in [-0.1, -0.05) is 20.3 Å². The van der Waals surface area contributed by atoms with E-state index >= 15 is 0 Å². The van der Waals surface area contributed by atoms with Crippen molar-refractivity contribution < 1.29 is 4.79 Å². The lowest BCUT2D eigenvalue weighted by atomic mass is 9.81. The van der Waals surface area contributed by atoms with Gasteiger partial charge in [0.25, 0.3) is 0 Å². The number of hydrogen-bond donors (Lipinski definition) is 2. The predicted molar refractivity (Wildman–Crippen MR) is 80.0 cm³/mol. The Kier molecular flexibility index (Phi) is 6.80. The topological polar surface area (TPSA) is 58.4 Å². The molecule has 0 aromatic carbocycles. The molecule has 3 N–H and O–H groups in total. The minimum atomic E-state index is -0.373. The molecule has 0 spiro atoms. The lowest BCUT2D eigenvalue weighted by molar-refractivity contribution is -0.131. The number of nitrogens with one attached hydrogen (secondary N) is 1. The molecule has 0 bridgehead atoms. The second-order valence-corrected chi connectivity index (χ2v) is 5.85. The number of carbonyl (C=O) groups excluding carboxylic acids is 1. The van der Waals surface area contributed by atoms with Crippen molar-refractivity contribution in [3.05, 3.63) is 0 Å². The van der Waals surface area contributed by atoms with Gasteiger partial charge in [-0.3, -0.25) is 9.69 Å². The molecule has 1 atom stereocenters. The van der Waals surface area contributed by atoms with Crippen LogP contribution in [-0.4, -0.2) is 43.0 Å². The summed E-state index contributed by atoms with van der Waals surface area (Å²) < 4.78 is 0. The molecule has 1 unspecified atom stereocenters. The van der Waals surface area contributed by atoms with Crippen molar-refractivity contribution in [3.63, 3.8) is 0 Å². The van der Waals surface area contributed by atoms with Gasteiger partial charge in [0.05, 0.1) is 5.41 Å². The van der Waals surface area contributed by atoms with Crippen LogP contribution in [0, 0.1) is 5.41 Å². The Balaban J connectivity index is 2.43. The summed E-state index contributed by atoms with van der Waals surface area (Å²) in [6, 6.07) is 0.424. The van der Waals surface area contributed by atoms with Crippen LogP contribution in [0.25, 0.3) is 0 Å². The Labute approximate surface area is 118 Å². The highest BCUT2D eigenvalue weighted by Gasteiger charge is 2.33. The van der Waals surface area contributed by atoms with Gasteiger partial charge in [-0.05, 0) is 45.7 Å². The van der Waals surface area contributed by atoms with Gasteiger partial charge in [0.1, 0.15) is 0 Å². The van der Waals surface area contributed by atoms with E-state index in [9.17, 15) is 4.79 Å². The third-order valence-corrected chi connectivity index (χ3v) is 4.80. The Morgan fingerprint density at radius 2 is 1.84 bits per heavy atom. The van der Waals surface area contributed by atoms with Crippen LogP contribution in [0.15, 0.2) is 0 Å². The second-order valence-electron chi connectivity index (χ2n) is 5.85. The van der Waals surface area contributed by atoms with E-state index in [-0.39, 0.29) is 11.3 Å². The van der Waals surface area contributed by atoms with E-state index in [0.717, 1.165) is 19.4 Å². The van der Waals surface area contributed by atoms with Gasteiger partial charge >= 0.3 is 0 Å². The number of nitrogens with zero attached hydrogens (tertiary/aromatic N) is 1. The molecule has 1 aliphatic rings. The number of piperidine rings is 1. The number of likely N-dealkylation sites (tertiary alicyclic amines) is 1. The van der Waals surface area contributed by atoms with Crippen molar-refractivity contribution in [1.82, 2.24) is 10.2 Å². The minimum Gasteiger partial charge on any atom is -0.354 e. The van der Waals surface area contributed by atoms with Gasteiger partial charge in [0, 0.05) is 19.1 Å². The van der Waals surface area contributed by atoms with Crippen LogP contribution >= 0.6 is 0 Å². The fourth-order valence-electron chi connectivity index (χ4n) is 2.87. The predicted octanol–water partition coefficient (Wildman–Crippen LogP) is 1.74. The smallest absolute Gasteiger partial charge is 0.227 e. The molecule has 0 aliphatic carbocycles. The van der Waals surface area contributed by atoms with Crippen molar-refractivity contribution in [3.8, 4) is 0 Å². The molecule has 1 heterocycles. The molecular weight excluding hydrogens is 238 g/mol. The number of hydrogen-bond acceptors (Lipinski definition) is 3. The summed E-state index contributed by atoms with van der Waals surface area (Å²) in [6.07, 6.45) is 5.54. The Morgan fingerprint density at radius 1 is 1.26 bits per heavy atom. The molecule has 0 saturated carbocycles. The first-order chi connectivity index (χ1) is 9.09. The third-order valence-electron chi connectivity index (χ3n) is 4.80. The zero-order valence-corrected chi connectivity index (χ0v) is 12.9. The normalized spacial score (nSPS) is 19.2. The van der Waals surface area contributed by atoms with E-state index in [1.54, 1.807) is 0 Å². The lowest BCUT2D eigenvalue weighted by Crippen LogP contribution is -2.50. The number of rotatable bonds is 7. The van der Waals surface area contributed by atoms with Gasteiger partial charge in [-0.25, -0.2) is 0 Å². The maximum Gasteiger partial charge on any atom is 0.227 e. The fraction of sp³-hybridized carbons (Fsp3) is 0.933. The van der Waals surface area contributed by atoms with Crippen molar-refractivity contribution in [2.24, 2.45) is 11.1 Å². The molecule has 1 saturated heterocycles. The number of nitrogens with two attached hydrogens (primary N) is 1. The van der Waals surface area contributed by atoms with Gasteiger partial charge in [-0.2, -0.15) is 0 Å². The molecule has 4 heteroatoms. The van der Waals surface area contributed by atoms with Crippen LogP contribution < -0.4 is 11.1 Å². The zero-order chi connectivity index (χ0) is 14.3. The minimum absolute atomic E-state index is 0.129. The van der Waals surface area contributed by atoms with Gasteiger partial charge in [0.2, 0.25) is 5.91 Å². The molecule has 1 amide bonds. The highest BCUT2D eigenvalue weighted by atomic mass is 16.2. The second kappa shape index (κ2) is 7.85. The zero-order valence-electron chi connectivity index (χ0n) is 12.9. The Hall–Kier alpha value is -0.610. The van der Waals surface area contributed by atoms with E-state index in [2.05, 4.69) is 17.1 Å². The molecular formula is C15H31N3O. The summed E-state index contributed by atoms with van der Waals surface area (Å²) in [5, 5.41) is 3.11. The van der Waals surface area contributed by atoms with Gasteiger partial charge in [0.15, 0.2) is 0 Å². The largest absolute Gasteiger partial charge is 0.354 e. The van der Waals surface area contributed by atoms with E-state index in [1.165, 1.54) is 32.4 Å². The Morgan fingerprint density at radius 3 is 2.32 bits per heavy atom. The summed E-state index contributed by atoms with van der Waals surface area (Å²) in [6.45, 7) is 9.80. The van der Waals surface area contributed by atoms with Crippen LogP contribution in [0.5, 0.6) is 0 Å². The van der Waals surface area contributed by atoms with Crippen LogP contribution in [-0.2, 0) is 4.79 Å². The van der Waals surface area contributed by atoms with Crippen LogP contribution in [0.4, 0.5) is 0 Å². The van der Waals surface area contributed by atoms with Crippen molar-refractivity contribution in [2.75, 3.05) is 26.2 Å². The van der Waals surface area contributed by atoms with E-state index < -0.39 is 0 Å².